The third-order valence-corrected chi connectivity index (χ3v) is 2.56. The number of aryl methyl sites for hydroxylation is 2. The van der Waals surface area contributed by atoms with Crippen molar-refractivity contribution in [3.8, 4) is 0 Å². The third-order valence-electron chi connectivity index (χ3n) is 2.56. The Morgan fingerprint density at radius 3 is 2.38 bits per heavy atom. The lowest BCUT2D eigenvalue weighted by Crippen LogP contribution is -2.36. The molecule has 3 heteroatoms. The second-order valence-electron chi connectivity index (χ2n) is 3.76. The molecule has 0 bridgehead atoms. The highest BCUT2D eigenvalue weighted by atomic mass is 16.2. The number of hydrogen-bond acceptors (Lipinski definition) is 2. The molecule has 1 aromatic carbocycles. The molecular weight excluding hydrogens is 200 g/mol. The van der Waals surface area contributed by atoms with Crippen molar-refractivity contribution in [2.75, 3.05) is 12.4 Å². The Labute approximate surface area is 96.6 Å². The molecule has 3 nitrogen and oxygen atoms in total. The summed E-state index contributed by atoms with van der Waals surface area (Å²) in [6.45, 7) is 7.57. The molecule has 0 aliphatic carbocycles. The second-order valence-corrected chi connectivity index (χ2v) is 3.76. The maximum Gasteiger partial charge on any atom is 0.245 e. The molecule has 86 valence electrons. The van der Waals surface area contributed by atoms with Crippen LogP contribution in [0.5, 0.6) is 0 Å². The first-order valence-electron chi connectivity index (χ1n) is 5.27. The average Bonchev–Trinajstić information content (AvgIpc) is 2.25. The second kappa shape index (κ2) is 5.47. The molecule has 16 heavy (non-hydrogen) atoms. The largest absolute Gasteiger partial charge is 0.324 e. The van der Waals surface area contributed by atoms with Crippen molar-refractivity contribution in [2.45, 2.75) is 19.9 Å². The molecule has 0 fully saturated rings. The highest BCUT2D eigenvalue weighted by Crippen LogP contribution is 2.19. The number of hydrogen-bond donors (Lipinski definition) is 2. The van der Waals surface area contributed by atoms with Crippen LogP contribution in [0.3, 0.4) is 0 Å². The van der Waals surface area contributed by atoms with Crippen LogP contribution in [0, 0.1) is 13.8 Å². The van der Waals surface area contributed by atoms with E-state index in [0.29, 0.717) is 0 Å². The van der Waals surface area contributed by atoms with E-state index < -0.39 is 0 Å². The van der Waals surface area contributed by atoms with Gasteiger partial charge in [-0.1, -0.05) is 24.3 Å². The van der Waals surface area contributed by atoms with Crippen molar-refractivity contribution in [3.05, 3.63) is 42.0 Å². The molecule has 1 amide bonds. The van der Waals surface area contributed by atoms with Gasteiger partial charge in [-0.3, -0.25) is 4.79 Å². The van der Waals surface area contributed by atoms with Crippen LogP contribution < -0.4 is 10.6 Å². The van der Waals surface area contributed by atoms with Crippen molar-refractivity contribution in [1.29, 1.82) is 0 Å². The summed E-state index contributed by atoms with van der Waals surface area (Å²) < 4.78 is 0. The zero-order valence-electron chi connectivity index (χ0n) is 10.0. The van der Waals surface area contributed by atoms with Gasteiger partial charge < -0.3 is 10.6 Å². The zero-order valence-corrected chi connectivity index (χ0v) is 10.0. The summed E-state index contributed by atoms with van der Waals surface area (Å²) in [5.74, 6) is -0.0881. The number of amides is 1. The van der Waals surface area contributed by atoms with Crippen molar-refractivity contribution < 1.29 is 4.79 Å². The monoisotopic (exact) mass is 218 g/mol. The van der Waals surface area contributed by atoms with Gasteiger partial charge in [0, 0.05) is 5.69 Å². The minimum absolute atomic E-state index is 0.0881. The lowest BCUT2D eigenvalue weighted by atomic mass is 10.1. The Balaban J connectivity index is 2.88. The van der Waals surface area contributed by atoms with Crippen molar-refractivity contribution in [3.63, 3.8) is 0 Å². The van der Waals surface area contributed by atoms with Crippen molar-refractivity contribution in [1.82, 2.24) is 5.32 Å². The Morgan fingerprint density at radius 2 is 1.94 bits per heavy atom. The van der Waals surface area contributed by atoms with E-state index in [4.69, 9.17) is 0 Å². The van der Waals surface area contributed by atoms with Crippen LogP contribution in [-0.2, 0) is 4.79 Å². The molecule has 0 saturated carbocycles. The minimum atomic E-state index is -0.362. The number of benzene rings is 1. The number of para-hydroxylation sites is 1. The summed E-state index contributed by atoms with van der Waals surface area (Å²) in [6.07, 6.45) is 1.59. The predicted molar refractivity (Wildman–Crippen MR) is 67.6 cm³/mol. The summed E-state index contributed by atoms with van der Waals surface area (Å²) in [6, 6.07) is 5.57. The molecule has 0 radical (unpaired) electrons. The Hall–Kier alpha value is -1.61. The first kappa shape index (κ1) is 12.5. The normalized spacial score (nSPS) is 11.9. The minimum Gasteiger partial charge on any atom is -0.324 e. The van der Waals surface area contributed by atoms with Gasteiger partial charge in [0.2, 0.25) is 5.91 Å². The van der Waals surface area contributed by atoms with Crippen LogP contribution >= 0.6 is 0 Å². The van der Waals surface area contributed by atoms with Gasteiger partial charge in [0.15, 0.2) is 0 Å². The standard InChI is InChI=1S/C13H18N2O/c1-5-11(14-4)13(16)15-12-9(2)7-6-8-10(12)3/h5-8,11,14H,1H2,2-4H3,(H,15,16). The fourth-order valence-electron chi connectivity index (χ4n) is 1.57. The number of anilines is 1. The van der Waals surface area contributed by atoms with Gasteiger partial charge in [0.1, 0.15) is 6.04 Å². The molecule has 0 spiro atoms. The Kier molecular flexibility index (Phi) is 4.26. The fourth-order valence-corrected chi connectivity index (χ4v) is 1.57. The lowest BCUT2D eigenvalue weighted by molar-refractivity contribution is -0.117. The molecule has 0 saturated heterocycles. The summed E-state index contributed by atoms with van der Waals surface area (Å²) in [4.78, 5) is 11.8. The maximum atomic E-state index is 11.8. The first-order chi connectivity index (χ1) is 7.60. The van der Waals surface area contributed by atoms with E-state index in [1.807, 2.05) is 32.0 Å². The van der Waals surface area contributed by atoms with Gasteiger partial charge in [0.05, 0.1) is 0 Å². The molecular formula is C13H18N2O. The number of carbonyl (C=O) groups excluding carboxylic acids is 1. The predicted octanol–water partition coefficient (Wildman–Crippen LogP) is 2.02. The summed E-state index contributed by atoms with van der Waals surface area (Å²) in [5, 5.41) is 5.79. The molecule has 1 aromatic rings. The van der Waals surface area contributed by atoms with Crippen LogP contribution in [0.25, 0.3) is 0 Å². The molecule has 0 aliphatic rings. The van der Waals surface area contributed by atoms with E-state index in [1.54, 1.807) is 13.1 Å². The SMILES string of the molecule is C=CC(NC)C(=O)Nc1c(C)cccc1C. The van der Waals surface area contributed by atoms with Crippen LogP contribution in [0.1, 0.15) is 11.1 Å². The number of carbonyl (C=O) groups is 1. The van der Waals surface area contributed by atoms with Crippen LogP contribution in [0.2, 0.25) is 0 Å². The Morgan fingerprint density at radius 1 is 1.38 bits per heavy atom. The summed E-state index contributed by atoms with van der Waals surface area (Å²) in [7, 11) is 1.73. The lowest BCUT2D eigenvalue weighted by Gasteiger charge is -2.15. The van der Waals surface area contributed by atoms with Gasteiger partial charge in [-0.05, 0) is 32.0 Å². The van der Waals surface area contributed by atoms with Crippen molar-refractivity contribution in [2.24, 2.45) is 0 Å². The maximum absolute atomic E-state index is 11.8. The molecule has 0 heterocycles. The topological polar surface area (TPSA) is 41.1 Å². The smallest absolute Gasteiger partial charge is 0.245 e. The number of rotatable bonds is 4. The third kappa shape index (κ3) is 2.70. The van der Waals surface area contributed by atoms with E-state index >= 15 is 0 Å². The van der Waals surface area contributed by atoms with Crippen LogP contribution in [0.4, 0.5) is 5.69 Å². The van der Waals surface area contributed by atoms with Gasteiger partial charge in [-0.2, -0.15) is 0 Å². The van der Waals surface area contributed by atoms with Crippen LogP contribution in [0.15, 0.2) is 30.9 Å². The van der Waals surface area contributed by atoms with Gasteiger partial charge >= 0.3 is 0 Å². The van der Waals surface area contributed by atoms with Gasteiger partial charge in [-0.15, -0.1) is 6.58 Å². The van der Waals surface area contributed by atoms with Crippen LogP contribution in [-0.4, -0.2) is 19.0 Å². The zero-order chi connectivity index (χ0) is 12.1. The van der Waals surface area contributed by atoms with Gasteiger partial charge in [-0.25, -0.2) is 0 Å². The number of likely N-dealkylation sites (N-methyl/N-ethyl adjacent to an activating group) is 1. The average molecular weight is 218 g/mol. The molecule has 0 aliphatic heterocycles. The van der Waals surface area contributed by atoms with Crippen molar-refractivity contribution >= 4 is 11.6 Å². The molecule has 2 N–H and O–H groups in total. The van der Waals surface area contributed by atoms with E-state index in [9.17, 15) is 4.79 Å². The number of nitrogens with one attached hydrogen (secondary N) is 2. The molecule has 1 unspecified atom stereocenters. The van der Waals surface area contributed by atoms with Gasteiger partial charge in [0.25, 0.3) is 0 Å². The quantitative estimate of drug-likeness (QED) is 0.759. The first-order valence-corrected chi connectivity index (χ1v) is 5.27. The summed E-state index contributed by atoms with van der Waals surface area (Å²) >= 11 is 0. The van der Waals surface area contributed by atoms with E-state index in [1.165, 1.54) is 0 Å². The highest BCUT2D eigenvalue weighted by Gasteiger charge is 2.13. The highest BCUT2D eigenvalue weighted by molar-refractivity contribution is 5.97. The molecule has 1 rings (SSSR count). The molecule has 0 aromatic heterocycles. The van der Waals surface area contributed by atoms with E-state index in [-0.39, 0.29) is 11.9 Å². The van der Waals surface area contributed by atoms with E-state index in [2.05, 4.69) is 17.2 Å². The summed E-state index contributed by atoms with van der Waals surface area (Å²) in [5.41, 5.74) is 3.01. The van der Waals surface area contributed by atoms with E-state index in [0.717, 1.165) is 16.8 Å². The molecule has 1 atom stereocenters. The fraction of sp³-hybridized carbons (Fsp3) is 0.308. The Bertz CT molecular complexity index is 379.